The molecule has 0 saturated carbocycles. The van der Waals surface area contributed by atoms with Crippen LogP contribution < -0.4 is 0 Å². The normalized spacial score (nSPS) is 11.7. The molecule has 0 saturated heterocycles. The maximum Gasteiger partial charge on any atom is 0.164 e. The van der Waals surface area contributed by atoms with Crippen molar-refractivity contribution in [3.05, 3.63) is 164 Å². The van der Waals surface area contributed by atoms with Crippen molar-refractivity contribution in [2.45, 2.75) is 0 Å². The van der Waals surface area contributed by atoms with Gasteiger partial charge in [0.05, 0.1) is 0 Å². The van der Waals surface area contributed by atoms with Crippen LogP contribution in [0.4, 0.5) is 0 Å². The summed E-state index contributed by atoms with van der Waals surface area (Å²) in [5.74, 6) is 1.97. The highest BCUT2D eigenvalue weighted by Crippen LogP contribution is 2.43. The second-order valence-electron chi connectivity index (χ2n) is 12.4. The van der Waals surface area contributed by atoms with Gasteiger partial charge in [0, 0.05) is 42.2 Å². The number of aromatic nitrogens is 3. The van der Waals surface area contributed by atoms with Crippen LogP contribution in [0.1, 0.15) is 0 Å². The summed E-state index contributed by atoms with van der Waals surface area (Å²) in [7, 11) is 0. The number of thiophene rings is 1. The Bertz CT molecular complexity index is 2860. The van der Waals surface area contributed by atoms with Gasteiger partial charge in [-0.25, -0.2) is 15.0 Å². The summed E-state index contributed by atoms with van der Waals surface area (Å²) in [6.07, 6.45) is 0. The minimum Gasteiger partial charge on any atom is -0.208 e. The Hall–Kier alpha value is -6.23. The fourth-order valence-electron chi connectivity index (χ4n) is 7.08. The summed E-state index contributed by atoms with van der Waals surface area (Å²) in [5, 5.41) is 10.1. The lowest BCUT2D eigenvalue weighted by atomic mass is 9.94. The van der Waals surface area contributed by atoms with E-state index in [1.54, 1.807) is 0 Å². The zero-order valence-corrected chi connectivity index (χ0v) is 27.2. The average Bonchev–Trinajstić information content (AvgIpc) is 3.57. The second-order valence-corrected chi connectivity index (χ2v) is 13.5. The number of fused-ring (bicyclic) bond motifs is 9. The van der Waals surface area contributed by atoms with E-state index in [2.05, 4.69) is 127 Å². The van der Waals surface area contributed by atoms with Gasteiger partial charge in [0.2, 0.25) is 0 Å². The zero-order chi connectivity index (χ0) is 32.3. The number of hydrogen-bond acceptors (Lipinski definition) is 4. The molecule has 0 N–H and O–H groups in total. The Morgan fingerprint density at radius 1 is 0.327 bits per heavy atom. The van der Waals surface area contributed by atoms with Crippen molar-refractivity contribution >= 4 is 63.8 Å². The Kier molecular flexibility index (Phi) is 6.36. The van der Waals surface area contributed by atoms with Gasteiger partial charge in [-0.3, -0.25) is 0 Å². The fourth-order valence-corrected chi connectivity index (χ4v) is 8.34. The minimum atomic E-state index is 0.653. The molecular formula is C45H27N3S. The van der Waals surface area contributed by atoms with E-state index in [1.165, 1.54) is 52.7 Å². The van der Waals surface area contributed by atoms with Crippen molar-refractivity contribution in [3.8, 4) is 45.3 Å². The predicted molar refractivity (Wildman–Crippen MR) is 207 cm³/mol. The molecule has 0 aliphatic heterocycles. The molecule has 4 heteroatoms. The van der Waals surface area contributed by atoms with Crippen molar-refractivity contribution < 1.29 is 0 Å². The van der Waals surface area contributed by atoms with Crippen LogP contribution in [0, 0.1) is 0 Å². The van der Waals surface area contributed by atoms with Crippen LogP contribution in [-0.4, -0.2) is 15.0 Å². The van der Waals surface area contributed by atoms with Gasteiger partial charge in [-0.2, -0.15) is 0 Å². The zero-order valence-electron chi connectivity index (χ0n) is 26.3. The Morgan fingerprint density at radius 2 is 0.816 bits per heavy atom. The molecule has 0 unspecified atom stereocenters. The quantitative estimate of drug-likeness (QED) is 0.180. The number of hydrogen-bond donors (Lipinski definition) is 0. The molecule has 228 valence electrons. The highest BCUT2D eigenvalue weighted by molar-refractivity contribution is 7.26. The third-order valence-electron chi connectivity index (χ3n) is 9.50. The van der Waals surface area contributed by atoms with Crippen LogP contribution >= 0.6 is 11.3 Å². The van der Waals surface area contributed by atoms with Crippen LogP contribution in [0.2, 0.25) is 0 Å². The van der Waals surface area contributed by atoms with E-state index in [0.717, 1.165) is 27.6 Å². The van der Waals surface area contributed by atoms with E-state index in [-0.39, 0.29) is 0 Å². The summed E-state index contributed by atoms with van der Waals surface area (Å²) in [4.78, 5) is 15.1. The van der Waals surface area contributed by atoms with E-state index in [0.29, 0.717) is 17.5 Å². The lowest BCUT2D eigenvalue weighted by Gasteiger charge is -2.12. The lowest BCUT2D eigenvalue weighted by molar-refractivity contribution is 1.07. The third-order valence-corrected chi connectivity index (χ3v) is 10.7. The molecule has 2 aromatic heterocycles. The smallest absolute Gasteiger partial charge is 0.164 e. The van der Waals surface area contributed by atoms with Crippen LogP contribution in [0.25, 0.3) is 97.8 Å². The molecule has 49 heavy (non-hydrogen) atoms. The Labute approximate surface area is 286 Å². The molecule has 0 radical (unpaired) electrons. The van der Waals surface area contributed by atoms with Gasteiger partial charge in [0.25, 0.3) is 0 Å². The lowest BCUT2D eigenvalue weighted by Crippen LogP contribution is -2.00. The number of nitrogens with zero attached hydrogens (tertiary/aromatic N) is 3. The van der Waals surface area contributed by atoms with Gasteiger partial charge in [0.1, 0.15) is 0 Å². The van der Waals surface area contributed by atoms with Crippen molar-refractivity contribution in [2.24, 2.45) is 0 Å². The van der Waals surface area contributed by atoms with Crippen LogP contribution in [0.3, 0.4) is 0 Å². The molecule has 3 nitrogen and oxygen atoms in total. The van der Waals surface area contributed by atoms with Gasteiger partial charge >= 0.3 is 0 Å². The maximum atomic E-state index is 5.07. The Balaban J connectivity index is 1.15. The molecule has 0 aliphatic carbocycles. The van der Waals surface area contributed by atoms with E-state index < -0.39 is 0 Å². The van der Waals surface area contributed by atoms with Gasteiger partial charge in [-0.05, 0) is 50.2 Å². The van der Waals surface area contributed by atoms with E-state index in [9.17, 15) is 0 Å². The highest BCUT2D eigenvalue weighted by Gasteiger charge is 2.16. The van der Waals surface area contributed by atoms with Crippen molar-refractivity contribution in [1.82, 2.24) is 15.0 Å². The minimum absolute atomic E-state index is 0.653. The van der Waals surface area contributed by atoms with Gasteiger partial charge in [-0.1, -0.05) is 152 Å². The van der Waals surface area contributed by atoms with E-state index in [4.69, 9.17) is 15.0 Å². The van der Waals surface area contributed by atoms with Crippen LogP contribution in [0.15, 0.2) is 164 Å². The molecule has 2 heterocycles. The maximum absolute atomic E-state index is 5.07. The first-order chi connectivity index (χ1) is 24.3. The predicted octanol–water partition coefficient (Wildman–Crippen LogP) is 12.4. The van der Waals surface area contributed by atoms with E-state index in [1.807, 2.05) is 47.7 Å². The highest BCUT2D eigenvalue weighted by atomic mass is 32.1. The Morgan fingerprint density at radius 3 is 1.55 bits per heavy atom. The molecular weight excluding hydrogens is 615 g/mol. The first kappa shape index (κ1) is 27.8. The molecule has 0 spiro atoms. The van der Waals surface area contributed by atoms with Crippen molar-refractivity contribution in [3.63, 3.8) is 0 Å². The summed E-state index contributed by atoms with van der Waals surface area (Å²) >= 11 is 1.89. The molecule has 0 aliphatic rings. The van der Waals surface area contributed by atoms with Crippen molar-refractivity contribution in [2.75, 3.05) is 0 Å². The molecule has 0 fully saturated rings. The summed E-state index contributed by atoms with van der Waals surface area (Å²) in [5.41, 5.74) is 5.20. The summed E-state index contributed by atoms with van der Waals surface area (Å²) < 4.78 is 2.66. The molecule has 0 atom stereocenters. The van der Waals surface area contributed by atoms with Gasteiger partial charge in [-0.15, -0.1) is 11.3 Å². The molecule has 8 aromatic carbocycles. The summed E-state index contributed by atoms with van der Waals surface area (Å²) in [6, 6.07) is 57.9. The first-order valence-corrected chi connectivity index (χ1v) is 17.3. The van der Waals surface area contributed by atoms with E-state index >= 15 is 0 Å². The van der Waals surface area contributed by atoms with Gasteiger partial charge in [0.15, 0.2) is 17.5 Å². The number of benzene rings is 8. The topological polar surface area (TPSA) is 38.7 Å². The van der Waals surface area contributed by atoms with Crippen molar-refractivity contribution in [1.29, 1.82) is 0 Å². The first-order valence-electron chi connectivity index (χ1n) is 16.4. The largest absolute Gasteiger partial charge is 0.208 e. The molecule has 0 amide bonds. The second kappa shape index (κ2) is 11.2. The number of rotatable bonds is 4. The molecule has 10 aromatic rings. The standard InChI is InChI=1S/C45H27N3S/c1-3-9-28(10-4-1)29-15-20-33(21-16-29)44-46-43(32-11-5-2-6-12-32)47-45(48-44)35-24-25-36-34(27-35)22-19-30-17-18-31-23-26-38-37-13-7-8-14-39(37)49-42(38)41(31)40(30)36/h1-27H. The summed E-state index contributed by atoms with van der Waals surface area (Å²) in [6.45, 7) is 0. The monoisotopic (exact) mass is 641 g/mol. The van der Waals surface area contributed by atoms with Crippen LogP contribution in [-0.2, 0) is 0 Å². The molecule has 0 bridgehead atoms. The third kappa shape index (κ3) is 4.68. The van der Waals surface area contributed by atoms with Gasteiger partial charge < -0.3 is 0 Å². The SMILES string of the molecule is c1ccc(-c2ccc(-c3nc(-c4ccccc4)nc(-c4ccc5c(ccc6ccc7ccc8c9ccccc9sc8c7c65)c4)n3)cc2)cc1. The van der Waals surface area contributed by atoms with Crippen LogP contribution in [0.5, 0.6) is 0 Å². The fraction of sp³-hybridized carbons (Fsp3) is 0. The molecule has 10 rings (SSSR count). The average molecular weight is 642 g/mol.